The van der Waals surface area contributed by atoms with Crippen molar-refractivity contribution in [3.8, 4) is 0 Å². The monoisotopic (exact) mass is 277 g/mol. The summed E-state index contributed by atoms with van der Waals surface area (Å²) in [5.74, 6) is 0. The SMILES string of the molecule is CC(C)(C)OC(=O)N1CC(O)(C(F)F)CCC12CC2. The van der Waals surface area contributed by atoms with Crippen molar-refractivity contribution in [2.45, 2.75) is 69.6 Å². The van der Waals surface area contributed by atoms with E-state index in [0.717, 1.165) is 12.8 Å². The molecule has 1 heterocycles. The smallest absolute Gasteiger partial charge is 0.410 e. The molecule has 0 radical (unpaired) electrons. The number of hydrogen-bond donors (Lipinski definition) is 1. The van der Waals surface area contributed by atoms with Crippen LogP contribution in [-0.2, 0) is 4.74 Å². The van der Waals surface area contributed by atoms with E-state index in [0.29, 0.717) is 6.42 Å². The zero-order chi connectivity index (χ0) is 14.5. The highest BCUT2D eigenvalue weighted by Gasteiger charge is 2.59. The lowest BCUT2D eigenvalue weighted by molar-refractivity contribution is -0.142. The first-order chi connectivity index (χ1) is 8.58. The van der Waals surface area contributed by atoms with Gasteiger partial charge in [0, 0.05) is 5.54 Å². The third-order valence-corrected chi connectivity index (χ3v) is 3.88. The minimum atomic E-state index is -2.85. The molecule has 1 atom stereocenters. The van der Waals surface area contributed by atoms with Gasteiger partial charge < -0.3 is 9.84 Å². The number of alkyl halides is 2. The van der Waals surface area contributed by atoms with Gasteiger partial charge in [-0.15, -0.1) is 0 Å². The van der Waals surface area contributed by atoms with Crippen LogP contribution < -0.4 is 0 Å². The third kappa shape index (κ3) is 2.83. The Kier molecular flexibility index (Phi) is 3.28. The molecule has 1 aliphatic carbocycles. The lowest BCUT2D eigenvalue weighted by Gasteiger charge is -2.44. The number of piperidine rings is 1. The molecule has 2 fully saturated rings. The van der Waals surface area contributed by atoms with E-state index < -0.39 is 23.7 Å². The molecule has 2 aliphatic rings. The number of hydrogen-bond acceptors (Lipinski definition) is 3. The molecule has 4 nitrogen and oxygen atoms in total. The van der Waals surface area contributed by atoms with E-state index in [1.54, 1.807) is 20.8 Å². The summed E-state index contributed by atoms with van der Waals surface area (Å²) in [6.07, 6.45) is -1.42. The number of β-amino-alcohol motifs (C(OH)–C–C–N with tert-alkyl or cyclic N) is 1. The molecular formula is C13H21F2NO3. The Bertz CT molecular complexity index is 377. The summed E-state index contributed by atoms with van der Waals surface area (Å²) in [6, 6.07) is 0. The van der Waals surface area contributed by atoms with Gasteiger partial charge in [0.05, 0.1) is 6.54 Å². The van der Waals surface area contributed by atoms with E-state index in [4.69, 9.17) is 4.74 Å². The predicted molar refractivity (Wildman–Crippen MR) is 65.1 cm³/mol. The number of ether oxygens (including phenoxy) is 1. The van der Waals surface area contributed by atoms with E-state index in [1.807, 2.05) is 0 Å². The lowest BCUT2D eigenvalue weighted by atomic mass is 9.87. The summed E-state index contributed by atoms with van der Waals surface area (Å²) in [4.78, 5) is 13.4. The number of likely N-dealkylation sites (tertiary alicyclic amines) is 1. The van der Waals surface area contributed by atoms with Crippen LogP contribution in [0.3, 0.4) is 0 Å². The molecule has 0 bridgehead atoms. The summed E-state index contributed by atoms with van der Waals surface area (Å²) in [7, 11) is 0. The standard InChI is InChI=1S/C13H21F2NO3/c1-11(2,3)19-10(17)16-8-13(18,9(14)15)7-6-12(16)4-5-12/h9,18H,4-8H2,1-3H3. The predicted octanol–water partition coefficient (Wildman–Crippen LogP) is 2.55. The number of carbonyl (C=O) groups excluding carboxylic acids is 1. The van der Waals surface area contributed by atoms with Crippen LogP contribution in [0, 0.1) is 0 Å². The maximum atomic E-state index is 12.9. The highest BCUT2D eigenvalue weighted by molar-refractivity contribution is 5.70. The Balaban J connectivity index is 2.14. The third-order valence-electron chi connectivity index (χ3n) is 3.88. The number of aliphatic hydroxyl groups is 1. The second-order valence-corrected chi connectivity index (χ2v) is 6.70. The minimum Gasteiger partial charge on any atom is -0.444 e. The molecule has 1 unspecified atom stereocenters. The van der Waals surface area contributed by atoms with Gasteiger partial charge in [0.15, 0.2) is 0 Å². The molecule has 0 aromatic heterocycles. The summed E-state index contributed by atoms with van der Waals surface area (Å²) in [5, 5.41) is 9.93. The fraction of sp³-hybridized carbons (Fsp3) is 0.923. The molecule has 0 aromatic rings. The van der Waals surface area contributed by atoms with Crippen LogP contribution in [0.4, 0.5) is 13.6 Å². The van der Waals surface area contributed by atoms with Gasteiger partial charge in [-0.1, -0.05) is 0 Å². The van der Waals surface area contributed by atoms with Crippen LogP contribution >= 0.6 is 0 Å². The average Bonchev–Trinajstić information content (AvgIpc) is 3.00. The lowest BCUT2D eigenvalue weighted by Crippen LogP contribution is -2.59. The van der Waals surface area contributed by atoms with Crippen LogP contribution in [0.5, 0.6) is 0 Å². The van der Waals surface area contributed by atoms with Crippen molar-refractivity contribution in [3.63, 3.8) is 0 Å². The average molecular weight is 277 g/mol. The molecular weight excluding hydrogens is 256 g/mol. The molecule has 1 amide bonds. The molecule has 1 N–H and O–H groups in total. The van der Waals surface area contributed by atoms with Crippen LogP contribution in [-0.4, -0.2) is 45.8 Å². The summed E-state index contributed by atoms with van der Waals surface area (Å²) >= 11 is 0. The molecule has 1 saturated carbocycles. The first kappa shape index (κ1) is 14.5. The fourth-order valence-corrected chi connectivity index (χ4v) is 2.52. The Hall–Kier alpha value is -0.910. The van der Waals surface area contributed by atoms with E-state index in [-0.39, 0.29) is 18.5 Å². The van der Waals surface area contributed by atoms with Crippen molar-refractivity contribution < 1.29 is 23.4 Å². The molecule has 0 aromatic carbocycles. The van der Waals surface area contributed by atoms with Gasteiger partial charge in [-0.2, -0.15) is 0 Å². The van der Waals surface area contributed by atoms with Crippen LogP contribution in [0.25, 0.3) is 0 Å². The minimum absolute atomic E-state index is 0.0317. The zero-order valence-corrected chi connectivity index (χ0v) is 11.6. The van der Waals surface area contributed by atoms with Gasteiger partial charge in [0.1, 0.15) is 11.2 Å². The van der Waals surface area contributed by atoms with Crippen molar-refractivity contribution in [1.82, 2.24) is 4.90 Å². The number of amides is 1. The van der Waals surface area contributed by atoms with E-state index >= 15 is 0 Å². The highest BCUT2D eigenvalue weighted by Crippen LogP contribution is 2.51. The Morgan fingerprint density at radius 2 is 1.79 bits per heavy atom. The number of halogens is 2. The van der Waals surface area contributed by atoms with Crippen molar-refractivity contribution >= 4 is 6.09 Å². The maximum absolute atomic E-state index is 12.9. The van der Waals surface area contributed by atoms with Crippen LogP contribution in [0.2, 0.25) is 0 Å². The first-order valence-corrected chi connectivity index (χ1v) is 6.59. The van der Waals surface area contributed by atoms with Crippen molar-refractivity contribution in [2.75, 3.05) is 6.54 Å². The topological polar surface area (TPSA) is 49.8 Å². The molecule has 2 rings (SSSR count). The van der Waals surface area contributed by atoms with Crippen LogP contribution in [0.15, 0.2) is 0 Å². The van der Waals surface area contributed by atoms with Crippen molar-refractivity contribution in [2.24, 2.45) is 0 Å². The highest BCUT2D eigenvalue weighted by atomic mass is 19.3. The molecule has 1 aliphatic heterocycles. The normalized spacial score (nSPS) is 29.7. The second-order valence-electron chi connectivity index (χ2n) is 6.70. The Morgan fingerprint density at radius 1 is 1.26 bits per heavy atom. The molecule has 1 saturated heterocycles. The fourth-order valence-electron chi connectivity index (χ4n) is 2.52. The van der Waals surface area contributed by atoms with Crippen molar-refractivity contribution in [3.05, 3.63) is 0 Å². The largest absolute Gasteiger partial charge is 0.444 e. The maximum Gasteiger partial charge on any atom is 0.410 e. The Labute approximate surface area is 111 Å². The number of rotatable bonds is 1. The first-order valence-electron chi connectivity index (χ1n) is 6.59. The van der Waals surface area contributed by atoms with Gasteiger partial charge >= 0.3 is 6.09 Å². The number of carbonyl (C=O) groups is 1. The summed E-state index contributed by atoms with van der Waals surface area (Å²) in [5.41, 5.74) is -3.14. The van der Waals surface area contributed by atoms with Crippen molar-refractivity contribution in [1.29, 1.82) is 0 Å². The molecule has 19 heavy (non-hydrogen) atoms. The van der Waals surface area contributed by atoms with E-state index in [1.165, 1.54) is 4.90 Å². The van der Waals surface area contributed by atoms with Crippen LogP contribution in [0.1, 0.15) is 46.5 Å². The number of nitrogens with zero attached hydrogens (tertiary/aromatic N) is 1. The second kappa shape index (κ2) is 4.30. The van der Waals surface area contributed by atoms with Gasteiger partial charge in [0.25, 0.3) is 6.43 Å². The Morgan fingerprint density at radius 3 is 2.21 bits per heavy atom. The molecule has 6 heteroatoms. The van der Waals surface area contributed by atoms with Gasteiger partial charge in [-0.25, -0.2) is 13.6 Å². The zero-order valence-electron chi connectivity index (χ0n) is 11.6. The van der Waals surface area contributed by atoms with Gasteiger partial charge in [-0.3, -0.25) is 4.90 Å². The summed E-state index contributed by atoms with van der Waals surface area (Å²) in [6.45, 7) is 4.84. The quantitative estimate of drug-likeness (QED) is 0.801. The van der Waals surface area contributed by atoms with E-state index in [9.17, 15) is 18.7 Å². The van der Waals surface area contributed by atoms with Gasteiger partial charge in [0.2, 0.25) is 0 Å². The van der Waals surface area contributed by atoms with Gasteiger partial charge in [-0.05, 0) is 46.5 Å². The summed E-state index contributed by atoms with van der Waals surface area (Å²) < 4.78 is 31.1. The molecule has 1 spiro atoms. The van der Waals surface area contributed by atoms with E-state index in [2.05, 4.69) is 0 Å². The molecule has 110 valence electrons.